The number of rotatable bonds is 7. The molecule has 0 bridgehead atoms. The Morgan fingerprint density at radius 1 is 1.26 bits per heavy atom. The zero-order chi connectivity index (χ0) is 19.6. The molecule has 146 valence electrons. The van der Waals surface area contributed by atoms with E-state index in [4.69, 9.17) is 14.8 Å². The number of benzene rings is 1. The van der Waals surface area contributed by atoms with Gasteiger partial charge < -0.3 is 9.64 Å². The lowest BCUT2D eigenvalue weighted by Gasteiger charge is -2.16. The van der Waals surface area contributed by atoms with E-state index in [1.54, 1.807) is 7.11 Å². The fourth-order valence-corrected chi connectivity index (χ4v) is 3.49. The van der Waals surface area contributed by atoms with E-state index in [0.717, 1.165) is 23.8 Å². The molecule has 1 amide bonds. The maximum absolute atomic E-state index is 12.4. The molecule has 2 heterocycles. The molecule has 2 aromatic rings. The molecule has 0 radical (unpaired) electrons. The highest BCUT2D eigenvalue weighted by atomic mass is 16.5. The minimum Gasteiger partial charge on any atom is -0.383 e. The lowest BCUT2D eigenvalue weighted by Crippen LogP contribution is -2.28. The summed E-state index contributed by atoms with van der Waals surface area (Å²) in [6.45, 7) is 10.4. The van der Waals surface area contributed by atoms with Gasteiger partial charge in [-0.2, -0.15) is 5.10 Å². The van der Waals surface area contributed by atoms with Gasteiger partial charge in [0.05, 0.1) is 12.3 Å². The zero-order valence-corrected chi connectivity index (χ0v) is 17.0. The number of amides is 1. The van der Waals surface area contributed by atoms with E-state index in [1.165, 1.54) is 11.1 Å². The van der Waals surface area contributed by atoms with Gasteiger partial charge in [-0.05, 0) is 43.0 Å². The van der Waals surface area contributed by atoms with Crippen molar-refractivity contribution in [2.75, 3.05) is 26.8 Å². The number of likely N-dealkylation sites (tertiary alicyclic amines) is 1. The van der Waals surface area contributed by atoms with Crippen LogP contribution in [-0.2, 0) is 16.0 Å². The zero-order valence-electron chi connectivity index (χ0n) is 17.0. The van der Waals surface area contributed by atoms with E-state index < -0.39 is 0 Å². The summed E-state index contributed by atoms with van der Waals surface area (Å²) < 4.78 is 7.08. The molecule has 1 aliphatic rings. The molecule has 0 unspecified atom stereocenters. The number of nitrogens with zero attached hydrogens (tertiary/aromatic N) is 4. The molecule has 3 rings (SSSR count). The van der Waals surface area contributed by atoms with E-state index in [-0.39, 0.29) is 11.8 Å². The third-order valence-corrected chi connectivity index (χ3v) is 5.15. The highest BCUT2D eigenvalue weighted by Gasteiger charge is 2.34. The Labute approximate surface area is 161 Å². The van der Waals surface area contributed by atoms with Crippen LogP contribution in [0.1, 0.15) is 49.0 Å². The van der Waals surface area contributed by atoms with Gasteiger partial charge >= 0.3 is 0 Å². The lowest BCUT2D eigenvalue weighted by molar-refractivity contribution is -0.128. The number of hydrogen-bond acceptors (Lipinski definition) is 4. The Morgan fingerprint density at radius 2 is 2.04 bits per heavy atom. The van der Waals surface area contributed by atoms with Crippen molar-refractivity contribution in [3.63, 3.8) is 0 Å². The fourth-order valence-electron chi connectivity index (χ4n) is 3.49. The van der Waals surface area contributed by atoms with Crippen LogP contribution in [0.5, 0.6) is 0 Å². The van der Waals surface area contributed by atoms with Crippen molar-refractivity contribution < 1.29 is 9.53 Å². The van der Waals surface area contributed by atoms with Crippen LogP contribution in [-0.4, -0.2) is 52.4 Å². The van der Waals surface area contributed by atoms with Crippen LogP contribution in [0.2, 0.25) is 0 Å². The lowest BCUT2D eigenvalue weighted by atomic mass is 10.1. The van der Waals surface area contributed by atoms with Crippen molar-refractivity contribution in [1.82, 2.24) is 19.7 Å². The predicted octanol–water partition coefficient (Wildman–Crippen LogP) is 3.04. The van der Waals surface area contributed by atoms with Crippen molar-refractivity contribution in [2.45, 2.75) is 46.5 Å². The first-order chi connectivity index (χ1) is 12.9. The van der Waals surface area contributed by atoms with E-state index in [0.29, 0.717) is 32.0 Å². The van der Waals surface area contributed by atoms with Crippen molar-refractivity contribution in [3.8, 4) is 5.69 Å². The predicted molar refractivity (Wildman–Crippen MR) is 105 cm³/mol. The van der Waals surface area contributed by atoms with E-state index in [1.807, 2.05) is 9.58 Å². The topological polar surface area (TPSA) is 60.2 Å². The van der Waals surface area contributed by atoms with Crippen LogP contribution >= 0.6 is 0 Å². The van der Waals surface area contributed by atoms with Crippen LogP contribution in [0.4, 0.5) is 0 Å². The number of hydrogen-bond donors (Lipinski definition) is 0. The number of ether oxygens (including phenoxy) is 1. The Bertz CT molecular complexity index is 813. The summed E-state index contributed by atoms with van der Waals surface area (Å²) >= 11 is 0. The third kappa shape index (κ3) is 4.38. The molecular weight excluding hydrogens is 340 g/mol. The van der Waals surface area contributed by atoms with E-state index in [2.05, 4.69) is 45.9 Å². The first-order valence-corrected chi connectivity index (χ1v) is 9.69. The minimum atomic E-state index is 0.0596. The van der Waals surface area contributed by atoms with Crippen molar-refractivity contribution in [2.24, 2.45) is 5.92 Å². The van der Waals surface area contributed by atoms with Crippen LogP contribution in [0, 0.1) is 19.8 Å². The number of aromatic nitrogens is 3. The second-order valence-electron chi connectivity index (χ2n) is 7.90. The maximum Gasteiger partial charge on any atom is 0.223 e. The van der Waals surface area contributed by atoms with Gasteiger partial charge in [0.25, 0.3) is 0 Å². The maximum atomic E-state index is 12.4. The van der Waals surface area contributed by atoms with Gasteiger partial charge in [-0.1, -0.05) is 19.9 Å². The Morgan fingerprint density at radius 3 is 2.70 bits per heavy atom. The van der Waals surface area contributed by atoms with Gasteiger partial charge in [-0.25, -0.2) is 9.67 Å². The molecule has 1 fully saturated rings. The van der Waals surface area contributed by atoms with Crippen molar-refractivity contribution in [3.05, 3.63) is 41.0 Å². The van der Waals surface area contributed by atoms with Gasteiger partial charge in [0.15, 0.2) is 5.82 Å². The summed E-state index contributed by atoms with van der Waals surface area (Å²) in [5, 5.41) is 4.80. The van der Waals surface area contributed by atoms with E-state index >= 15 is 0 Å². The molecular formula is C21H30N4O2. The monoisotopic (exact) mass is 370 g/mol. The van der Waals surface area contributed by atoms with Crippen LogP contribution < -0.4 is 0 Å². The summed E-state index contributed by atoms with van der Waals surface area (Å²) in [6.07, 6.45) is 1.31. The second-order valence-corrected chi connectivity index (χ2v) is 7.90. The molecule has 1 saturated heterocycles. The highest BCUT2D eigenvalue weighted by Crippen LogP contribution is 2.29. The number of methoxy groups -OCH3 is 1. The minimum absolute atomic E-state index is 0.0596. The summed E-state index contributed by atoms with van der Waals surface area (Å²) in [6, 6.07) is 6.34. The molecule has 0 saturated carbocycles. The van der Waals surface area contributed by atoms with Gasteiger partial charge in [0.2, 0.25) is 5.91 Å². The van der Waals surface area contributed by atoms with Crippen LogP contribution in [0.25, 0.3) is 5.69 Å². The van der Waals surface area contributed by atoms with Gasteiger partial charge in [0, 0.05) is 39.0 Å². The summed E-state index contributed by atoms with van der Waals surface area (Å²) in [5.74, 6) is 2.45. The van der Waals surface area contributed by atoms with Gasteiger partial charge in [-0.15, -0.1) is 0 Å². The number of carbonyl (C=O) groups is 1. The third-order valence-electron chi connectivity index (χ3n) is 5.15. The van der Waals surface area contributed by atoms with Crippen LogP contribution in [0.15, 0.2) is 18.2 Å². The standard InChI is InChI=1S/C21H30N4O2/c1-14(2)10-19-22-21(17-12-20(26)24(13-17)8-9-27-5)25(23-19)18-7-6-15(3)16(4)11-18/h6-7,11,14,17H,8-10,12-13H2,1-5H3/t17-/m0/s1. The highest BCUT2D eigenvalue weighted by molar-refractivity contribution is 5.79. The average Bonchev–Trinajstić information content (AvgIpc) is 3.18. The molecule has 1 aromatic carbocycles. The molecule has 0 spiro atoms. The average molecular weight is 370 g/mol. The fraction of sp³-hybridized carbons (Fsp3) is 0.571. The number of aryl methyl sites for hydroxylation is 2. The Balaban J connectivity index is 1.94. The smallest absolute Gasteiger partial charge is 0.223 e. The first kappa shape index (κ1) is 19.5. The van der Waals surface area contributed by atoms with Gasteiger partial charge in [0.1, 0.15) is 5.82 Å². The second kappa shape index (κ2) is 8.21. The molecule has 1 atom stereocenters. The summed E-state index contributed by atoms with van der Waals surface area (Å²) in [7, 11) is 1.66. The molecule has 1 aliphatic heterocycles. The van der Waals surface area contributed by atoms with Crippen molar-refractivity contribution in [1.29, 1.82) is 0 Å². The normalized spacial score (nSPS) is 17.3. The Hall–Kier alpha value is -2.21. The molecule has 1 aromatic heterocycles. The molecule has 0 aliphatic carbocycles. The quantitative estimate of drug-likeness (QED) is 0.752. The first-order valence-electron chi connectivity index (χ1n) is 9.69. The van der Waals surface area contributed by atoms with Crippen molar-refractivity contribution >= 4 is 5.91 Å². The molecule has 0 N–H and O–H groups in total. The van der Waals surface area contributed by atoms with E-state index in [9.17, 15) is 4.79 Å². The molecule has 27 heavy (non-hydrogen) atoms. The largest absolute Gasteiger partial charge is 0.383 e. The number of carbonyl (C=O) groups excluding carboxylic acids is 1. The van der Waals surface area contributed by atoms with Crippen LogP contribution in [0.3, 0.4) is 0 Å². The Kier molecular flexibility index (Phi) is 5.95. The SMILES string of the molecule is COCCN1C[C@@H](c2nc(CC(C)C)nn2-c2ccc(C)c(C)c2)CC1=O. The summed E-state index contributed by atoms with van der Waals surface area (Å²) in [5.41, 5.74) is 3.49. The molecule has 6 nitrogen and oxygen atoms in total. The summed E-state index contributed by atoms with van der Waals surface area (Å²) in [4.78, 5) is 19.1. The molecule has 6 heteroatoms. The van der Waals surface area contributed by atoms with Gasteiger partial charge in [-0.3, -0.25) is 4.79 Å².